The van der Waals surface area contributed by atoms with Crippen LogP contribution >= 0.6 is 0 Å². The number of nitrogens with two attached hydrogens (primary N) is 3. The maximum Gasteiger partial charge on any atom is 0.326 e. The monoisotopic (exact) mass is 495 g/mol. The third-order valence-electron chi connectivity index (χ3n) is 5.35. The molecule has 11 nitrogen and oxygen atoms in total. The maximum atomic E-state index is 12.5. The first-order valence-electron chi connectivity index (χ1n) is 11.5. The van der Waals surface area contributed by atoms with E-state index in [1.807, 2.05) is 42.5 Å². The van der Waals surface area contributed by atoms with Gasteiger partial charge < -0.3 is 37.7 Å². The smallest absolute Gasteiger partial charge is 0.326 e. The minimum Gasteiger partial charge on any atom is -0.480 e. The number of amides is 1. The van der Waals surface area contributed by atoms with Crippen LogP contribution < -0.4 is 27.8 Å². The Kier molecular flexibility index (Phi) is 11.1. The van der Waals surface area contributed by atoms with Gasteiger partial charge in [0.05, 0.1) is 11.7 Å². The van der Waals surface area contributed by atoms with Crippen LogP contribution in [0.25, 0.3) is 0 Å². The number of benzene rings is 2. The zero-order valence-corrected chi connectivity index (χ0v) is 20.2. The lowest BCUT2D eigenvalue weighted by Crippen LogP contribution is -2.46. The van der Waals surface area contributed by atoms with Crippen molar-refractivity contribution in [3.8, 4) is 0 Å². The molecule has 2 aromatic rings. The molecular weight excluding hydrogens is 462 g/mol. The van der Waals surface area contributed by atoms with Crippen molar-refractivity contribution in [2.24, 2.45) is 27.2 Å². The third-order valence-corrected chi connectivity index (χ3v) is 5.35. The Morgan fingerprint density at radius 3 is 2.42 bits per heavy atom. The summed E-state index contributed by atoms with van der Waals surface area (Å²) in [5.74, 6) is -1.56. The summed E-state index contributed by atoms with van der Waals surface area (Å²) in [4.78, 5) is 41.9. The number of unbranched alkanes of at least 4 members (excludes halogenated alkanes) is 2. The topological polar surface area (TPSA) is 198 Å². The summed E-state index contributed by atoms with van der Waals surface area (Å²) in [5, 5.41) is 15.0. The van der Waals surface area contributed by atoms with Gasteiger partial charge in [0.2, 0.25) is 0 Å². The van der Waals surface area contributed by atoms with Gasteiger partial charge in [-0.15, -0.1) is 0 Å². The van der Waals surface area contributed by atoms with E-state index in [4.69, 9.17) is 17.2 Å². The number of guanidine groups is 1. The molecule has 11 heteroatoms. The zero-order chi connectivity index (χ0) is 26.5. The minimum absolute atomic E-state index is 0.117. The van der Waals surface area contributed by atoms with E-state index < -0.39 is 24.0 Å². The van der Waals surface area contributed by atoms with Crippen molar-refractivity contribution in [1.29, 1.82) is 0 Å². The van der Waals surface area contributed by atoms with Gasteiger partial charge in [0.1, 0.15) is 18.0 Å². The molecular formula is C25H33N7O4. The highest BCUT2D eigenvalue weighted by molar-refractivity contribution is 6.42. The summed E-state index contributed by atoms with van der Waals surface area (Å²) in [6.07, 6.45) is 3.40. The van der Waals surface area contributed by atoms with Crippen molar-refractivity contribution in [3.63, 3.8) is 0 Å². The van der Waals surface area contributed by atoms with E-state index >= 15 is 0 Å². The molecule has 2 atom stereocenters. The summed E-state index contributed by atoms with van der Waals surface area (Å²) in [6.45, 7) is 0.621. The molecule has 0 saturated heterocycles. The first-order chi connectivity index (χ1) is 17.3. The lowest BCUT2D eigenvalue weighted by Gasteiger charge is -2.16. The number of hydrogen-bond donors (Lipinski definition) is 6. The van der Waals surface area contributed by atoms with E-state index in [2.05, 4.69) is 20.6 Å². The normalized spacial score (nSPS) is 14.3. The zero-order valence-electron chi connectivity index (χ0n) is 20.2. The Morgan fingerprint density at radius 1 is 1.14 bits per heavy atom. The van der Waals surface area contributed by atoms with Crippen molar-refractivity contribution < 1.29 is 19.5 Å². The maximum absolute atomic E-state index is 12.5. The SMILES string of the molecule is CNc1ccc(CC(NC(=O)C2=Nc3ccccc3C2N)C(=O)O)cc1.NC(N)=NCCCCC=O. The molecule has 0 radical (unpaired) electrons. The van der Waals surface area contributed by atoms with Crippen LogP contribution in [0.15, 0.2) is 58.5 Å². The van der Waals surface area contributed by atoms with Gasteiger partial charge in [0.15, 0.2) is 5.96 Å². The molecule has 0 aromatic heterocycles. The average Bonchev–Trinajstić information content (AvgIpc) is 3.21. The van der Waals surface area contributed by atoms with E-state index in [0.29, 0.717) is 18.7 Å². The molecule has 1 amide bonds. The number of carboxylic acids is 1. The van der Waals surface area contributed by atoms with E-state index in [1.165, 1.54) is 0 Å². The van der Waals surface area contributed by atoms with E-state index in [0.717, 1.165) is 35.9 Å². The predicted molar refractivity (Wildman–Crippen MR) is 140 cm³/mol. The largest absolute Gasteiger partial charge is 0.480 e. The fourth-order valence-corrected chi connectivity index (χ4v) is 3.41. The summed E-state index contributed by atoms with van der Waals surface area (Å²) in [6, 6.07) is 12.8. The lowest BCUT2D eigenvalue weighted by molar-refractivity contribution is -0.141. The van der Waals surface area contributed by atoms with Gasteiger partial charge in [0.25, 0.3) is 5.91 Å². The van der Waals surface area contributed by atoms with Crippen molar-refractivity contribution >= 4 is 41.2 Å². The fourth-order valence-electron chi connectivity index (χ4n) is 3.41. The highest BCUT2D eigenvalue weighted by Gasteiger charge is 2.31. The first kappa shape index (κ1) is 28.0. The van der Waals surface area contributed by atoms with Crippen LogP contribution in [0.5, 0.6) is 0 Å². The van der Waals surface area contributed by atoms with Crippen LogP contribution in [-0.2, 0) is 20.8 Å². The number of para-hydroxylation sites is 1. The van der Waals surface area contributed by atoms with Gasteiger partial charge in [0, 0.05) is 37.7 Å². The van der Waals surface area contributed by atoms with Gasteiger partial charge in [-0.3, -0.25) is 9.79 Å². The number of anilines is 1. The Hall–Kier alpha value is -4.25. The van der Waals surface area contributed by atoms with E-state index in [-0.39, 0.29) is 18.1 Å². The average molecular weight is 496 g/mol. The van der Waals surface area contributed by atoms with Crippen molar-refractivity contribution in [2.45, 2.75) is 37.8 Å². The first-order valence-corrected chi connectivity index (χ1v) is 11.5. The predicted octanol–water partition coefficient (Wildman–Crippen LogP) is 1.26. The van der Waals surface area contributed by atoms with Crippen LogP contribution in [0.3, 0.4) is 0 Å². The second-order valence-corrected chi connectivity index (χ2v) is 8.02. The molecule has 192 valence electrons. The number of nitrogens with one attached hydrogen (secondary N) is 2. The van der Waals surface area contributed by atoms with Gasteiger partial charge in [-0.2, -0.15) is 0 Å². The summed E-state index contributed by atoms with van der Waals surface area (Å²) in [5.41, 5.74) is 19.5. The van der Waals surface area contributed by atoms with Gasteiger partial charge in [-0.05, 0) is 36.6 Å². The molecule has 0 aliphatic carbocycles. The summed E-state index contributed by atoms with van der Waals surface area (Å²) >= 11 is 0. The highest BCUT2D eigenvalue weighted by Crippen LogP contribution is 2.32. The second-order valence-electron chi connectivity index (χ2n) is 8.02. The van der Waals surface area contributed by atoms with Crippen LogP contribution in [0.2, 0.25) is 0 Å². The number of carboxylic acid groups (broad SMARTS) is 1. The second kappa shape index (κ2) is 14.2. The Balaban J connectivity index is 0.000000388. The molecule has 0 spiro atoms. The third kappa shape index (κ3) is 8.51. The van der Waals surface area contributed by atoms with Crippen molar-refractivity contribution in [1.82, 2.24) is 5.32 Å². The molecule has 9 N–H and O–H groups in total. The highest BCUT2D eigenvalue weighted by atomic mass is 16.4. The molecule has 3 rings (SSSR count). The van der Waals surface area contributed by atoms with Gasteiger partial charge in [-0.1, -0.05) is 30.3 Å². The number of nitrogens with zero attached hydrogens (tertiary/aromatic N) is 2. The Labute approximate surface area is 209 Å². The number of aldehydes is 1. The molecule has 0 bridgehead atoms. The van der Waals surface area contributed by atoms with Crippen LogP contribution in [-0.4, -0.2) is 54.6 Å². The number of aliphatic carboxylic acids is 1. The standard InChI is InChI=1S/C19H20N4O3.C6H13N3O/c1-21-12-8-6-11(7-9-12)10-15(19(25)26)23-18(24)17-16(20)13-4-2-3-5-14(13)22-17;7-6(8)9-4-2-1-3-5-10/h2-9,15-16,21H,10,20H2,1H3,(H,23,24)(H,25,26);5H,1-4H2,(H4,7,8,9). The quantitative estimate of drug-likeness (QED) is 0.116. The molecule has 2 aromatic carbocycles. The van der Waals surface area contributed by atoms with Crippen molar-refractivity contribution in [2.75, 3.05) is 18.9 Å². The fraction of sp³-hybridized carbons (Fsp3) is 0.320. The Bertz CT molecular complexity index is 1100. The lowest BCUT2D eigenvalue weighted by atomic mass is 10.0. The molecule has 1 heterocycles. The number of carbonyl (C=O) groups excluding carboxylic acids is 2. The van der Waals surface area contributed by atoms with E-state index in [1.54, 1.807) is 13.1 Å². The van der Waals surface area contributed by atoms with Crippen molar-refractivity contribution in [3.05, 3.63) is 59.7 Å². The van der Waals surface area contributed by atoms with Gasteiger partial charge in [-0.25, -0.2) is 9.79 Å². The molecule has 1 aliphatic rings. The minimum atomic E-state index is -1.11. The van der Waals surface area contributed by atoms with Crippen LogP contribution in [0, 0.1) is 0 Å². The molecule has 36 heavy (non-hydrogen) atoms. The number of aliphatic imine (C=N–C) groups is 2. The molecule has 0 fully saturated rings. The Morgan fingerprint density at radius 2 is 1.83 bits per heavy atom. The number of rotatable bonds is 11. The number of hydrogen-bond acceptors (Lipinski definition) is 7. The molecule has 0 saturated carbocycles. The van der Waals surface area contributed by atoms with Crippen LogP contribution in [0.1, 0.15) is 36.4 Å². The van der Waals surface area contributed by atoms with E-state index in [9.17, 15) is 19.5 Å². The molecule has 2 unspecified atom stereocenters. The summed E-state index contributed by atoms with van der Waals surface area (Å²) < 4.78 is 0. The molecule has 1 aliphatic heterocycles. The van der Waals surface area contributed by atoms with Crippen LogP contribution in [0.4, 0.5) is 11.4 Å². The van der Waals surface area contributed by atoms with Gasteiger partial charge >= 0.3 is 5.97 Å². The number of carbonyl (C=O) groups is 3. The summed E-state index contributed by atoms with van der Waals surface area (Å²) in [7, 11) is 1.80. The number of fused-ring (bicyclic) bond motifs is 1.